The Kier molecular flexibility index (Phi) is 4.58. The smallest absolute Gasteiger partial charge is 0.0636 e. The van der Waals surface area contributed by atoms with E-state index in [1.807, 2.05) is 6.92 Å². The molecule has 1 rings (SSSR count). The highest BCUT2D eigenvalue weighted by Gasteiger charge is 2.11. The lowest BCUT2D eigenvalue weighted by molar-refractivity contribution is 0.187. The van der Waals surface area contributed by atoms with Crippen molar-refractivity contribution < 1.29 is 5.11 Å². The van der Waals surface area contributed by atoms with Crippen LogP contribution in [0.1, 0.15) is 19.8 Å². The second-order valence-corrected chi connectivity index (χ2v) is 3.72. The van der Waals surface area contributed by atoms with E-state index < -0.39 is 0 Å². The summed E-state index contributed by atoms with van der Waals surface area (Å²) < 4.78 is 0. The molecular formula is C9H20N2O. The van der Waals surface area contributed by atoms with Gasteiger partial charge in [0.2, 0.25) is 0 Å². The molecule has 0 amide bonds. The van der Waals surface area contributed by atoms with E-state index in [-0.39, 0.29) is 6.10 Å². The summed E-state index contributed by atoms with van der Waals surface area (Å²) in [5.74, 6) is 0.762. The monoisotopic (exact) mass is 172 g/mol. The summed E-state index contributed by atoms with van der Waals surface area (Å²) in [7, 11) is 0. The van der Waals surface area contributed by atoms with Crippen molar-refractivity contribution in [3.8, 4) is 0 Å². The Morgan fingerprint density at radius 3 is 3.08 bits per heavy atom. The Morgan fingerprint density at radius 1 is 1.67 bits per heavy atom. The Labute approximate surface area is 74.5 Å². The Hall–Kier alpha value is -0.120. The van der Waals surface area contributed by atoms with Gasteiger partial charge in [0.25, 0.3) is 0 Å². The molecule has 1 aliphatic heterocycles. The summed E-state index contributed by atoms with van der Waals surface area (Å²) in [6, 6.07) is 0. The Bertz CT molecular complexity index is 111. The number of hydrogen-bond acceptors (Lipinski definition) is 3. The fourth-order valence-electron chi connectivity index (χ4n) is 1.59. The molecule has 0 saturated carbocycles. The van der Waals surface area contributed by atoms with Crippen LogP contribution in [0.4, 0.5) is 0 Å². The molecule has 0 aromatic rings. The van der Waals surface area contributed by atoms with Gasteiger partial charge in [0.1, 0.15) is 0 Å². The van der Waals surface area contributed by atoms with Crippen LogP contribution in [0.2, 0.25) is 0 Å². The maximum Gasteiger partial charge on any atom is 0.0636 e. The molecule has 0 radical (unpaired) electrons. The van der Waals surface area contributed by atoms with Crippen molar-refractivity contribution in [2.75, 3.05) is 26.2 Å². The van der Waals surface area contributed by atoms with Crippen molar-refractivity contribution in [1.29, 1.82) is 0 Å². The zero-order chi connectivity index (χ0) is 8.81. The minimum Gasteiger partial charge on any atom is -0.392 e. The number of rotatable bonds is 4. The van der Waals surface area contributed by atoms with Crippen molar-refractivity contribution in [3.63, 3.8) is 0 Å². The first-order chi connectivity index (χ1) is 5.79. The van der Waals surface area contributed by atoms with Crippen LogP contribution in [-0.2, 0) is 0 Å². The predicted molar refractivity (Wildman–Crippen MR) is 50.1 cm³/mol. The summed E-state index contributed by atoms with van der Waals surface area (Å²) >= 11 is 0. The van der Waals surface area contributed by atoms with Crippen LogP contribution in [0.3, 0.4) is 0 Å². The van der Waals surface area contributed by atoms with Crippen LogP contribution in [0, 0.1) is 5.92 Å². The number of hydrogen-bond donors (Lipinski definition) is 3. The molecule has 3 heteroatoms. The fraction of sp³-hybridized carbons (Fsp3) is 1.00. The highest BCUT2D eigenvalue weighted by Crippen LogP contribution is 2.07. The SMILES string of the molecule is C[C@@H](O)CNC[C@H]1CCCNC1. The normalized spacial score (nSPS) is 27.0. The van der Waals surface area contributed by atoms with Crippen LogP contribution >= 0.6 is 0 Å². The van der Waals surface area contributed by atoms with Crippen molar-refractivity contribution in [1.82, 2.24) is 10.6 Å². The van der Waals surface area contributed by atoms with Gasteiger partial charge in [-0.25, -0.2) is 0 Å². The summed E-state index contributed by atoms with van der Waals surface area (Å²) in [5, 5.41) is 15.6. The van der Waals surface area contributed by atoms with E-state index in [4.69, 9.17) is 5.11 Å². The van der Waals surface area contributed by atoms with Crippen LogP contribution in [0.5, 0.6) is 0 Å². The molecule has 0 aromatic heterocycles. The third kappa shape index (κ3) is 4.04. The first-order valence-corrected chi connectivity index (χ1v) is 4.88. The van der Waals surface area contributed by atoms with E-state index in [1.54, 1.807) is 0 Å². The molecule has 0 spiro atoms. The maximum absolute atomic E-state index is 9.00. The van der Waals surface area contributed by atoms with Crippen molar-refractivity contribution >= 4 is 0 Å². The number of aliphatic hydroxyl groups excluding tert-OH is 1. The van der Waals surface area contributed by atoms with Gasteiger partial charge in [-0.3, -0.25) is 0 Å². The third-order valence-electron chi connectivity index (χ3n) is 2.27. The molecule has 0 unspecified atom stereocenters. The first kappa shape index (κ1) is 9.96. The number of aliphatic hydroxyl groups is 1. The molecule has 1 heterocycles. The van der Waals surface area contributed by atoms with Gasteiger partial charge in [0.05, 0.1) is 6.10 Å². The average Bonchev–Trinajstić information content (AvgIpc) is 2.05. The highest BCUT2D eigenvalue weighted by atomic mass is 16.3. The summed E-state index contributed by atoms with van der Waals surface area (Å²) in [6.07, 6.45) is 2.39. The van der Waals surface area contributed by atoms with Gasteiger partial charge in [-0.2, -0.15) is 0 Å². The zero-order valence-corrected chi connectivity index (χ0v) is 7.84. The maximum atomic E-state index is 9.00. The highest BCUT2D eigenvalue weighted by molar-refractivity contribution is 4.71. The first-order valence-electron chi connectivity index (χ1n) is 4.88. The molecule has 0 aromatic carbocycles. The topological polar surface area (TPSA) is 44.3 Å². The molecule has 12 heavy (non-hydrogen) atoms. The second kappa shape index (κ2) is 5.51. The Balaban J connectivity index is 1.98. The number of piperidine rings is 1. The van der Waals surface area contributed by atoms with E-state index in [9.17, 15) is 0 Å². The molecule has 1 fully saturated rings. The lowest BCUT2D eigenvalue weighted by atomic mass is 10.00. The number of nitrogens with one attached hydrogen (secondary N) is 2. The zero-order valence-electron chi connectivity index (χ0n) is 7.84. The summed E-state index contributed by atoms with van der Waals surface area (Å²) in [5.41, 5.74) is 0. The molecule has 3 nitrogen and oxygen atoms in total. The van der Waals surface area contributed by atoms with Crippen LogP contribution in [-0.4, -0.2) is 37.4 Å². The van der Waals surface area contributed by atoms with Crippen LogP contribution in [0.25, 0.3) is 0 Å². The third-order valence-corrected chi connectivity index (χ3v) is 2.27. The van der Waals surface area contributed by atoms with Gasteiger partial charge in [-0.1, -0.05) is 0 Å². The molecule has 2 atom stereocenters. The minimum atomic E-state index is -0.221. The van der Waals surface area contributed by atoms with Gasteiger partial charge >= 0.3 is 0 Å². The molecule has 72 valence electrons. The van der Waals surface area contributed by atoms with Crippen LogP contribution in [0.15, 0.2) is 0 Å². The molecule has 0 bridgehead atoms. The van der Waals surface area contributed by atoms with Gasteiger partial charge in [-0.15, -0.1) is 0 Å². The molecule has 1 saturated heterocycles. The lowest BCUT2D eigenvalue weighted by Crippen LogP contribution is -2.37. The average molecular weight is 172 g/mol. The van der Waals surface area contributed by atoms with E-state index in [1.165, 1.54) is 19.4 Å². The summed E-state index contributed by atoms with van der Waals surface area (Å²) in [6.45, 7) is 5.88. The molecule has 0 aliphatic carbocycles. The predicted octanol–water partition coefficient (Wildman–Crippen LogP) is -0.0436. The molecular weight excluding hydrogens is 152 g/mol. The largest absolute Gasteiger partial charge is 0.392 e. The molecule has 3 N–H and O–H groups in total. The van der Waals surface area contributed by atoms with Crippen molar-refractivity contribution in [2.24, 2.45) is 5.92 Å². The Morgan fingerprint density at radius 2 is 2.50 bits per heavy atom. The van der Waals surface area contributed by atoms with Crippen molar-refractivity contribution in [2.45, 2.75) is 25.9 Å². The van der Waals surface area contributed by atoms with E-state index >= 15 is 0 Å². The summed E-state index contributed by atoms with van der Waals surface area (Å²) in [4.78, 5) is 0. The second-order valence-electron chi connectivity index (χ2n) is 3.72. The lowest BCUT2D eigenvalue weighted by Gasteiger charge is -2.23. The van der Waals surface area contributed by atoms with Gasteiger partial charge in [0, 0.05) is 6.54 Å². The molecule has 1 aliphatic rings. The van der Waals surface area contributed by atoms with Crippen molar-refractivity contribution in [3.05, 3.63) is 0 Å². The van der Waals surface area contributed by atoms with Gasteiger partial charge in [-0.05, 0) is 45.3 Å². The van der Waals surface area contributed by atoms with Gasteiger partial charge < -0.3 is 15.7 Å². The van der Waals surface area contributed by atoms with Gasteiger partial charge in [0.15, 0.2) is 0 Å². The minimum absolute atomic E-state index is 0.221. The van der Waals surface area contributed by atoms with Crippen LogP contribution < -0.4 is 10.6 Å². The van der Waals surface area contributed by atoms with E-state index in [2.05, 4.69) is 10.6 Å². The van der Waals surface area contributed by atoms with E-state index in [0.717, 1.165) is 25.6 Å². The van der Waals surface area contributed by atoms with E-state index in [0.29, 0.717) is 0 Å². The quantitative estimate of drug-likeness (QED) is 0.557. The standard InChI is InChI=1S/C9H20N2O/c1-8(12)5-11-7-9-3-2-4-10-6-9/h8-12H,2-7H2,1H3/t8-,9+/m1/s1. The fourth-order valence-corrected chi connectivity index (χ4v) is 1.59.